The molecule has 0 aliphatic carbocycles. The second-order valence-corrected chi connectivity index (χ2v) is 2.74. The molecule has 0 bridgehead atoms. The number of hydrogen-bond donors (Lipinski definition) is 2. The van der Waals surface area contributed by atoms with E-state index in [2.05, 4.69) is 10.5 Å². The summed E-state index contributed by atoms with van der Waals surface area (Å²) in [7, 11) is 0. The lowest BCUT2D eigenvalue weighted by Gasteiger charge is -2.02. The molecule has 0 saturated carbocycles. The van der Waals surface area contributed by atoms with Crippen molar-refractivity contribution < 1.29 is 18.7 Å². The highest BCUT2D eigenvalue weighted by molar-refractivity contribution is 6.34. The molecular weight excluding hydrogens is 206 g/mol. The molecule has 0 saturated heterocycles. The Bertz CT molecular complexity index is 419. The molecule has 6 heteroatoms. The van der Waals surface area contributed by atoms with Gasteiger partial charge in [-0.1, -0.05) is 0 Å². The Labute approximate surface area is 84.2 Å². The topological polar surface area (TPSA) is 61.7 Å². The van der Waals surface area contributed by atoms with Crippen LogP contribution in [0.2, 0.25) is 0 Å². The second kappa shape index (κ2) is 4.50. The number of halogens is 2. The van der Waals surface area contributed by atoms with Crippen molar-refractivity contribution in [1.29, 1.82) is 0 Å². The molecule has 0 heterocycles. The van der Waals surface area contributed by atoms with Gasteiger partial charge in [-0.3, -0.25) is 5.43 Å². The highest BCUT2D eigenvalue weighted by atomic mass is 19.1. The number of benzene rings is 1. The lowest BCUT2D eigenvalue weighted by atomic mass is 10.3. The van der Waals surface area contributed by atoms with Crippen molar-refractivity contribution in [2.45, 2.75) is 6.92 Å². The highest BCUT2D eigenvalue weighted by Gasteiger charge is 2.04. The molecular formula is C9H8F2N2O2. The van der Waals surface area contributed by atoms with Crippen molar-refractivity contribution in [3.05, 3.63) is 29.8 Å². The minimum absolute atomic E-state index is 0.212. The standard InChI is InChI=1S/C9H8F2N2O2/c1-5(9(14)15)12-13-8-4-6(10)2-3-7(8)11/h2-4,13H,1H3,(H,14,15)/b12-5+. The van der Waals surface area contributed by atoms with Crippen LogP contribution in [0, 0.1) is 11.6 Å². The first-order valence-corrected chi connectivity index (χ1v) is 3.99. The van der Waals surface area contributed by atoms with Gasteiger partial charge in [-0.2, -0.15) is 5.10 Å². The predicted molar refractivity (Wildman–Crippen MR) is 50.7 cm³/mol. The van der Waals surface area contributed by atoms with Gasteiger partial charge in [0.1, 0.15) is 17.3 Å². The monoisotopic (exact) mass is 214 g/mol. The minimum atomic E-state index is -1.24. The number of anilines is 1. The zero-order chi connectivity index (χ0) is 11.4. The van der Waals surface area contributed by atoms with Crippen LogP contribution in [-0.2, 0) is 4.79 Å². The van der Waals surface area contributed by atoms with E-state index in [1.54, 1.807) is 0 Å². The number of rotatable bonds is 3. The Hall–Kier alpha value is -1.98. The zero-order valence-electron chi connectivity index (χ0n) is 7.79. The van der Waals surface area contributed by atoms with E-state index >= 15 is 0 Å². The summed E-state index contributed by atoms with van der Waals surface area (Å²) in [4.78, 5) is 10.3. The van der Waals surface area contributed by atoms with E-state index < -0.39 is 17.6 Å². The van der Waals surface area contributed by atoms with Crippen molar-refractivity contribution in [3.63, 3.8) is 0 Å². The van der Waals surface area contributed by atoms with Crippen molar-refractivity contribution in [1.82, 2.24) is 0 Å². The predicted octanol–water partition coefficient (Wildman–Crippen LogP) is 1.84. The van der Waals surface area contributed by atoms with Crippen LogP contribution in [0.3, 0.4) is 0 Å². The van der Waals surface area contributed by atoms with E-state index in [0.717, 1.165) is 18.2 Å². The van der Waals surface area contributed by atoms with Gasteiger partial charge in [0.2, 0.25) is 0 Å². The second-order valence-electron chi connectivity index (χ2n) is 2.74. The van der Waals surface area contributed by atoms with Crippen LogP contribution in [0.15, 0.2) is 23.3 Å². The molecule has 80 valence electrons. The summed E-state index contributed by atoms with van der Waals surface area (Å²) in [6.07, 6.45) is 0. The summed E-state index contributed by atoms with van der Waals surface area (Å²) in [5, 5.41) is 11.8. The highest BCUT2D eigenvalue weighted by Crippen LogP contribution is 2.14. The summed E-state index contributed by atoms with van der Waals surface area (Å²) in [6, 6.07) is 2.76. The molecule has 4 nitrogen and oxygen atoms in total. The normalized spacial score (nSPS) is 11.3. The van der Waals surface area contributed by atoms with Gasteiger partial charge in [0.05, 0.1) is 5.69 Å². The van der Waals surface area contributed by atoms with Crippen LogP contribution in [0.4, 0.5) is 14.5 Å². The number of hydrazone groups is 1. The molecule has 1 aromatic carbocycles. The lowest BCUT2D eigenvalue weighted by molar-refractivity contribution is -0.129. The van der Waals surface area contributed by atoms with Gasteiger partial charge in [0.15, 0.2) is 0 Å². The van der Waals surface area contributed by atoms with Gasteiger partial charge in [0, 0.05) is 6.07 Å². The largest absolute Gasteiger partial charge is 0.477 e. The molecule has 0 atom stereocenters. The Kier molecular flexibility index (Phi) is 3.33. The summed E-state index contributed by atoms with van der Waals surface area (Å²) >= 11 is 0. The maximum Gasteiger partial charge on any atom is 0.351 e. The quantitative estimate of drug-likeness (QED) is 0.596. The van der Waals surface area contributed by atoms with Crippen molar-refractivity contribution in [2.24, 2.45) is 5.10 Å². The van der Waals surface area contributed by atoms with E-state index in [9.17, 15) is 13.6 Å². The average Bonchev–Trinajstić information content (AvgIpc) is 2.18. The number of hydrogen-bond acceptors (Lipinski definition) is 3. The first kappa shape index (κ1) is 11.1. The first-order valence-electron chi connectivity index (χ1n) is 3.99. The third-order valence-electron chi connectivity index (χ3n) is 1.58. The Morgan fingerprint density at radius 1 is 1.47 bits per heavy atom. The third kappa shape index (κ3) is 3.01. The van der Waals surface area contributed by atoms with Crippen molar-refractivity contribution >= 4 is 17.4 Å². The fourth-order valence-corrected chi connectivity index (χ4v) is 0.775. The molecule has 0 aliphatic heterocycles. The van der Waals surface area contributed by atoms with Crippen LogP contribution in [-0.4, -0.2) is 16.8 Å². The van der Waals surface area contributed by atoms with Gasteiger partial charge in [-0.25, -0.2) is 13.6 Å². The van der Waals surface area contributed by atoms with E-state index in [0.29, 0.717) is 0 Å². The molecule has 2 N–H and O–H groups in total. The van der Waals surface area contributed by atoms with Crippen LogP contribution in [0.1, 0.15) is 6.92 Å². The SMILES string of the molecule is C/C(=N\Nc1cc(F)ccc1F)C(=O)O. The number of nitrogens with one attached hydrogen (secondary N) is 1. The Morgan fingerprint density at radius 2 is 2.13 bits per heavy atom. The molecule has 0 spiro atoms. The molecule has 1 aromatic rings. The number of carboxylic acids is 1. The smallest absolute Gasteiger partial charge is 0.351 e. The Balaban J connectivity index is 2.86. The fraction of sp³-hybridized carbons (Fsp3) is 0.111. The molecule has 1 rings (SSSR count). The maximum atomic E-state index is 13.0. The molecule has 0 amide bonds. The lowest BCUT2D eigenvalue weighted by Crippen LogP contribution is -2.10. The zero-order valence-corrected chi connectivity index (χ0v) is 7.79. The molecule has 0 radical (unpaired) electrons. The number of carbonyl (C=O) groups is 1. The van der Waals surface area contributed by atoms with Gasteiger partial charge < -0.3 is 5.11 Å². The number of aliphatic carboxylic acids is 1. The number of nitrogens with zero attached hydrogens (tertiary/aromatic N) is 1. The van der Waals surface area contributed by atoms with Crippen molar-refractivity contribution in [3.8, 4) is 0 Å². The van der Waals surface area contributed by atoms with E-state index in [-0.39, 0.29) is 11.4 Å². The van der Waals surface area contributed by atoms with E-state index in [1.807, 2.05) is 0 Å². The van der Waals surface area contributed by atoms with E-state index in [1.165, 1.54) is 6.92 Å². The molecule has 0 aromatic heterocycles. The first-order chi connectivity index (χ1) is 7.00. The fourth-order valence-electron chi connectivity index (χ4n) is 0.775. The molecule has 0 unspecified atom stereocenters. The maximum absolute atomic E-state index is 13.0. The third-order valence-corrected chi connectivity index (χ3v) is 1.58. The molecule has 0 aliphatic rings. The van der Waals surface area contributed by atoms with E-state index in [4.69, 9.17) is 5.11 Å². The summed E-state index contributed by atoms with van der Waals surface area (Å²) < 4.78 is 25.6. The summed E-state index contributed by atoms with van der Waals surface area (Å²) in [5.41, 5.74) is 1.66. The number of carboxylic acid groups (broad SMARTS) is 1. The van der Waals surface area contributed by atoms with Crippen LogP contribution in [0.5, 0.6) is 0 Å². The van der Waals surface area contributed by atoms with Gasteiger partial charge in [0.25, 0.3) is 0 Å². The van der Waals surface area contributed by atoms with Gasteiger partial charge in [-0.05, 0) is 19.1 Å². The van der Waals surface area contributed by atoms with Crippen LogP contribution >= 0.6 is 0 Å². The Morgan fingerprint density at radius 3 is 2.73 bits per heavy atom. The molecule has 0 fully saturated rings. The van der Waals surface area contributed by atoms with Crippen molar-refractivity contribution in [2.75, 3.05) is 5.43 Å². The van der Waals surface area contributed by atoms with Crippen LogP contribution in [0.25, 0.3) is 0 Å². The summed E-state index contributed by atoms with van der Waals surface area (Å²) in [6.45, 7) is 1.23. The van der Waals surface area contributed by atoms with Crippen LogP contribution < -0.4 is 5.43 Å². The van der Waals surface area contributed by atoms with Gasteiger partial charge >= 0.3 is 5.97 Å². The summed E-state index contributed by atoms with van der Waals surface area (Å²) in [5.74, 6) is -2.58. The average molecular weight is 214 g/mol. The minimum Gasteiger partial charge on any atom is -0.477 e. The molecule has 15 heavy (non-hydrogen) atoms. The van der Waals surface area contributed by atoms with Gasteiger partial charge in [-0.15, -0.1) is 0 Å².